The highest BCUT2D eigenvalue weighted by Crippen LogP contribution is 2.22. The lowest BCUT2D eigenvalue weighted by atomic mass is 10.1. The van der Waals surface area contributed by atoms with E-state index >= 15 is 0 Å². The summed E-state index contributed by atoms with van der Waals surface area (Å²) < 4.78 is 31.7. The van der Waals surface area contributed by atoms with Gasteiger partial charge < -0.3 is 29.2 Å². The van der Waals surface area contributed by atoms with Gasteiger partial charge in [0.1, 0.15) is 18.5 Å². The summed E-state index contributed by atoms with van der Waals surface area (Å²) in [5, 5.41) is 21.4. The summed E-state index contributed by atoms with van der Waals surface area (Å²) in [6, 6.07) is 45.7. The Morgan fingerprint density at radius 1 is 0.511 bits per heavy atom. The first-order valence-corrected chi connectivity index (χ1v) is 15.7. The van der Waals surface area contributed by atoms with Gasteiger partial charge in [0.15, 0.2) is 12.4 Å². The number of ether oxygens (including phenoxy) is 4. The fourth-order valence-electron chi connectivity index (χ4n) is 4.93. The van der Waals surface area contributed by atoms with Gasteiger partial charge in [-0.15, -0.1) is 0 Å². The third-order valence-electron chi connectivity index (χ3n) is 7.47. The van der Waals surface area contributed by atoms with Crippen LogP contribution in [0.1, 0.15) is 32.2 Å². The molecule has 0 aliphatic heterocycles. The van der Waals surface area contributed by atoms with E-state index in [0.717, 1.165) is 27.8 Å². The minimum atomic E-state index is -1.37. The number of aldehydes is 1. The van der Waals surface area contributed by atoms with Gasteiger partial charge in [0.25, 0.3) is 0 Å². The second-order valence-corrected chi connectivity index (χ2v) is 11.1. The molecule has 0 aliphatic rings. The third-order valence-corrected chi connectivity index (χ3v) is 7.47. The highest BCUT2D eigenvalue weighted by atomic mass is 16.6. The molecule has 7 nitrogen and oxygen atoms in total. The van der Waals surface area contributed by atoms with E-state index in [2.05, 4.69) is 0 Å². The summed E-state index contributed by atoms with van der Waals surface area (Å²) in [5.41, 5.74) is 4.54. The van der Waals surface area contributed by atoms with Crippen molar-refractivity contribution in [2.45, 2.75) is 51.0 Å². The van der Waals surface area contributed by atoms with Crippen LogP contribution < -0.4 is 0 Å². The number of aromatic hydroxyl groups is 1. The Kier molecular flexibility index (Phi) is 13.3. The molecule has 242 valence electrons. The van der Waals surface area contributed by atoms with Crippen molar-refractivity contribution in [1.29, 1.82) is 0 Å². The number of phenols is 1. The summed E-state index contributed by atoms with van der Waals surface area (Å²) in [5.74, 6) is 0.155. The van der Waals surface area contributed by atoms with Crippen LogP contribution in [0, 0.1) is 0 Å². The standard InChI is InChI=1S/C40H40O7/c41-36-23-21-35(22-24-36)26-44-37(30-43-25-31-13-5-1-6-14-31)38(45-27-32-15-7-2-8-16-32)39(46-28-33-17-9-3-10-18-33)40(42)47-29-34-19-11-4-12-20-34/h1-24,26,37-40,42H,25,27-30H2/p+1/t37-,38-,39+,40?/m1/s1. The lowest BCUT2D eigenvalue weighted by Gasteiger charge is -2.30. The second-order valence-electron chi connectivity index (χ2n) is 11.1. The minimum Gasteiger partial charge on any atom is -0.508 e. The van der Waals surface area contributed by atoms with Crippen molar-refractivity contribution in [2.75, 3.05) is 6.61 Å². The van der Waals surface area contributed by atoms with Gasteiger partial charge in [-0.2, -0.15) is 0 Å². The molecule has 1 unspecified atom stereocenters. The van der Waals surface area contributed by atoms with E-state index in [9.17, 15) is 10.2 Å². The average Bonchev–Trinajstić information content (AvgIpc) is 3.13. The maximum absolute atomic E-state index is 11.6. The van der Waals surface area contributed by atoms with E-state index in [1.807, 2.05) is 121 Å². The smallest absolute Gasteiger partial charge is 0.322 e. The second kappa shape index (κ2) is 18.5. The summed E-state index contributed by atoms with van der Waals surface area (Å²) >= 11 is 0. The molecule has 0 radical (unpaired) electrons. The van der Waals surface area contributed by atoms with E-state index in [-0.39, 0.29) is 32.2 Å². The molecule has 0 amide bonds. The number of benzene rings is 5. The first-order chi connectivity index (χ1) is 23.1. The van der Waals surface area contributed by atoms with Gasteiger partial charge in [-0.25, -0.2) is 0 Å². The van der Waals surface area contributed by atoms with Crippen molar-refractivity contribution in [1.82, 2.24) is 0 Å². The number of hydrogen-bond donors (Lipinski definition) is 2. The number of phenolic OH excluding ortho intramolecular Hbond substituents is 1. The number of hydrogen-bond acceptors (Lipinski definition) is 6. The SMILES string of the molecule is Oc1ccc(C=[O+][C@H](COCc2ccccc2)[C@@H](OCc2ccccc2)[C@H](OCc2ccccc2)C(O)OCc2ccccc2)cc1. The Morgan fingerprint density at radius 2 is 0.936 bits per heavy atom. The van der Waals surface area contributed by atoms with Crippen molar-refractivity contribution in [3.05, 3.63) is 173 Å². The molecule has 5 aromatic rings. The molecular weight excluding hydrogens is 592 g/mol. The summed E-state index contributed by atoms with van der Waals surface area (Å²) in [7, 11) is 0. The molecule has 2 N–H and O–H groups in total. The zero-order chi connectivity index (χ0) is 32.5. The molecule has 5 rings (SSSR count). The maximum Gasteiger partial charge on any atom is 0.322 e. The van der Waals surface area contributed by atoms with Gasteiger partial charge in [0.2, 0.25) is 0 Å². The lowest BCUT2D eigenvalue weighted by molar-refractivity contribution is -0.379. The Balaban J connectivity index is 1.46. The van der Waals surface area contributed by atoms with Gasteiger partial charge in [-0.3, -0.25) is 4.42 Å². The molecule has 7 heteroatoms. The van der Waals surface area contributed by atoms with E-state index in [1.54, 1.807) is 30.6 Å². The molecule has 0 saturated carbocycles. The van der Waals surface area contributed by atoms with E-state index < -0.39 is 24.6 Å². The molecule has 5 aromatic carbocycles. The van der Waals surface area contributed by atoms with Gasteiger partial charge in [0.05, 0.1) is 32.0 Å². The zero-order valence-electron chi connectivity index (χ0n) is 26.2. The zero-order valence-corrected chi connectivity index (χ0v) is 26.2. The lowest BCUT2D eigenvalue weighted by Crippen LogP contribution is -2.49. The van der Waals surface area contributed by atoms with Crippen molar-refractivity contribution < 1.29 is 33.6 Å². The fourth-order valence-corrected chi connectivity index (χ4v) is 4.93. The van der Waals surface area contributed by atoms with Crippen molar-refractivity contribution >= 4 is 6.29 Å². The van der Waals surface area contributed by atoms with Crippen LogP contribution in [0.15, 0.2) is 146 Å². The van der Waals surface area contributed by atoms with Gasteiger partial charge in [-0.05, 0) is 46.5 Å². The predicted octanol–water partition coefficient (Wildman–Crippen LogP) is 7.03. The number of rotatable bonds is 18. The minimum absolute atomic E-state index is 0.125. The van der Waals surface area contributed by atoms with Crippen molar-refractivity contribution in [3.8, 4) is 5.75 Å². The normalized spacial score (nSPS) is 14.1. The van der Waals surface area contributed by atoms with Crippen LogP contribution in [0.2, 0.25) is 0 Å². The Labute approximate surface area is 276 Å². The number of aliphatic hydroxyl groups excluding tert-OH is 1. The molecule has 0 aromatic heterocycles. The molecule has 0 spiro atoms. The molecule has 4 atom stereocenters. The Bertz CT molecular complexity index is 1580. The van der Waals surface area contributed by atoms with Crippen LogP contribution in [0.3, 0.4) is 0 Å². The molecule has 47 heavy (non-hydrogen) atoms. The first-order valence-electron chi connectivity index (χ1n) is 15.7. The highest BCUT2D eigenvalue weighted by molar-refractivity contribution is 5.75. The Morgan fingerprint density at radius 3 is 1.43 bits per heavy atom. The van der Waals surface area contributed by atoms with Crippen LogP contribution in [0.25, 0.3) is 0 Å². The van der Waals surface area contributed by atoms with Crippen molar-refractivity contribution in [3.63, 3.8) is 0 Å². The molecule has 0 bridgehead atoms. The molecule has 0 heterocycles. The van der Waals surface area contributed by atoms with Gasteiger partial charge in [0, 0.05) is 0 Å². The predicted molar refractivity (Wildman–Crippen MR) is 181 cm³/mol. The van der Waals surface area contributed by atoms with Crippen LogP contribution in [-0.4, -0.2) is 47.7 Å². The molecule has 0 aliphatic carbocycles. The monoisotopic (exact) mass is 633 g/mol. The first kappa shape index (κ1) is 33.7. The number of aliphatic hydroxyl groups is 1. The van der Waals surface area contributed by atoms with Gasteiger partial charge >= 0.3 is 12.4 Å². The summed E-state index contributed by atoms with van der Waals surface area (Å²) in [4.78, 5) is 0. The fraction of sp³-hybridized carbons (Fsp3) is 0.225. The summed E-state index contributed by atoms with van der Waals surface area (Å²) in [6.07, 6.45) is -2.31. The van der Waals surface area contributed by atoms with Crippen molar-refractivity contribution in [2.24, 2.45) is 0 Å². The van der Waals surface area contributed by atoms with E-state index in [0.29, 0.717) is 6.61 Å². The van der Waals surface area contributed by atoms with E-state index in [1.165, 1.54) is 0 Å². The third kappa shape index (κ3) is 11.3. The molecule has 0 saturated heterocycles. The van der Waals surface area contributed by atoms with Crippen LogP contribution in [0.5, 0.6) is 5.75 Å². The average molecular weight is 634 g/mol. The maximum atomic E-state index is 11.6. The quantitative estimate of drug-likeness (QED) is 0.0612. The Hall–Kier alpha value is -4.63. The topological polar surface area (TPSA) is 88.7 Å². The number of carbonyl (C=O) groups excluding carboxylic acids is 1. The van der Waals surface area contributed by atoms with Gasteiger partial charge in [-0.1, -0.05) is 121 Å². The van der Waals surface area contributed by atoms with Crippen LogP contribution >= 0.6 is 0 Å². The van der Waals surface area contributed by atoms with E-state index in [4.69, 9.17) is 23.4 Å². The molecular formula is C40H41O7+. The van der Waals surface area contributed by atoms with Crippen LogP contribution in [-0.2, 0) is 45.4 Å². The van der Waals surface area contributed by atoms with Crippen LogP contribution in [0.4, 0.5) is 0 Å². The largest absolute Gasteiger partial charge is 0.508 e. The molecule has 0 fully saturated rings. The summed E-state index contributed by atoms with van der Waals surface area (Å²) in [6.45, 7) is 1.10. The highest BCUT2D eigenvalue weighted by Gasteiger charge is 2.43.